The Labute approximate surface area is 212 Å². The van der Waals surface area contributed by atoms with Crippen molar-refractivity contribution in [3.8, 4) is 11.5 Å². The molecule has 0 bridgehead atoms. The van der Waals surface area contributed by atoms with Gasteiger partial charge in [-0.25, -0.2) is 5.43 Å². The summed E-state index contributed by atoms with van der Waals surface area (Å²) in [7, 11) is 0. The van der Waals surface area contributed by atoms with Crippen molar-refractivity contribution in [3.05, 3.63) is 93.0 Å². The quantitative estimate of drug-likeness (QED) is 0.192. The molecule has 3 aromatic carbocycles. The number of hydrogen-bond acceptors (Lipinski definition) is 5. The smallest absolute Gasteiger partial charge is 0.271 e. The predicted octanol–water partition coefficient (Wildman–Crippen LogP) is 5.72. The van der Waals surface area contributed by atoms with Crippen molar-refractivity contribution >= 4 is 23.7 Å². The fourth-order valence-corrected chi connectivity index (χ4v) is 3.82. The maximum absolute atomic E-state index is 12.2. The normalized spacial score (nSPS) is 11.3. The van der Waals surface area contributed by atoms with E-state index in [1.54, 1.807) is 6.21 Å². The third kappa shape index (κ3) is 7.57. The number of rotatable bonds is 10. The Hall–Kier alpha value is -3.35. The molecule has 0 aliphatic rings. The number of hydrazone groups is 1. The lowest BCUT2D eigenvalue weighted by Crippen LogP contribution is -2.21. The molecule has 6 nitrogen and oxygen atoms in total. The molecule has 3 rings (SSSR count). The molecule has 3 aromatic rings. The van der Waals surface area contributed by atoms with Crippen molar-refractivity contribution < 1.29 is 14.6 Å². The van der Waals surface area contributed by atoms with Gasteiger partial charge in [0.2, 0.25) is 0 Å². The van der Waals surface area contributed by atoms with E-state index in [-0.39, 0.29) is 10.8 Å². The first-order valence-electron chi connectivity index (χ1n) is 11.6. The molecule has 0 saturated heterocycles. The second kappa shape index (κ2) is 12.4. The van der Waals surface area contributed by atoms with Crippen LogP contribution in [0.25, 0.3) is 0 Å². The van der Waals surface area contributed by atoms with E-state index in [0.29, 0.717) is 18.1 Å². The first kappa shape index (κ1) is 26.3. The zero-order valence-corrected chi connectivity index (χ0v) is 21.3. The van der Waals surface area contributed by atoms with Crippen LogP contribution in [0.4, 0.5) is 0 Å². The summed E-state index contributed by atoms with van der Waals surface area (Å²) in [4.78, 5) is 12.2. The summed E-state index contributed by atoms with van der Waals surface area (Å²) in [6.45, 7) is 10.5. The van der Waals surface area contributed by atoms with Crippen molar-refractivity contribution in [2.45, 2.75) is 40.2 Å². The fourth-order valence-electron chi connectivity index (χ4n) is 3.64. The van der Waals surface area contributed by atoms with Crippen LogP contribution in [0.5, 0.6) is 11.5 Å². The monoisotopic (exact) mass is 493 g/mol. The summed E-state index contributed by atoms with van der Waals surface area (Å²) in [6, 6.07) is 16.8. The molecule has 0 spiro atoms. The molecule has 0 aliphatic heterocycles. The standard InChI is InChI=1S/C28H32ClN3O3/c1-18(2)23-7-5-21(6-8-23)16-30-11-12-35-27-19(3)13-22(14-20(27)4)17-31-32-28(34)24-9-10-26(33)25(29)15-24/h5-10,13-15,17-18,30,33H,11-12,16H2,1-4H3,(H,32,34)/b31-17+. The van der Waals surface area contributed by atoms with E-state index in [9.17, 15) is 9.90 Å². The average Bonchev–Trinajstić information content (AvgIpc) is 2.82. The maximum Gasteiger partial charge on any atom is 0.271 e. The van der Waals surface area contributed by atoms with Crippen molar-refractivity contribution in [1.29, 1.82) is 0 Å². The minimum absolute atomic E-state index is 0.0767. The minimum Gasteiger partial charge on any atom is -0.506 e. The van der Waals surface area contributed by atoms with Gasteiger partial charge in [-0.1, -0.05) is 49.7 Å². The highest BCUT2D eigenvalue weighted by atomic mass is 35.5. The Kier molecular flexibility index (Phi) is 9.29. The van der Waals surface area contributed by atoms with Gasteiger partial charge in [-0.2, -0.15) is 5.10 Å². The Morgan fingerprint density at radius 1 is 1.09 bits per heavy atom. The fraction of sp³-hybridized carbons (Fsp3) is 0.286. The number of hydrogen-bond donors (Lipinski definition) is 3. The number of carbonyl (C=O) groups is 1. The Morgan fingerprint density at radius 2 is 1.77 bits per heavy atom. The van der Waals surface area contributed by atoms with Crippen LogP contribution < -0.4 is 15.5 Å². The van der Waals surface area contributed by atoms with Gasteiger partial charge in [0, 0.05) is 18.7 Å². The Bertz CT molecular complexity index is 1170. The number of ether oxygens (including phenoxy) is 1. The third-order valence-electron chi connectivity index (χ3n) is 5.57. The van der Waals surface area contributed by atoms with E-state index in [4.69, 9.17) is 16.3 Å². The second-order valence-electron chi connectivity index (χ2n) is 8.77. The van der Waals surface area contributed by atoms with E-state index < -0.39 is 5.91 Å². The number of aromatic hydroxyl groups is 1. The lowest BCUT2D eigenvalue weighted by Gasteiger charge is -2.14. The highest BCUT2D eigenvalue weighted by Crippen LogP contribution is 2.25. The van der Waals surface area contributed by atoms with Gasteiger partial charge in [0.15, 0.2) is 0 Å². The lowest BCUT2D eigenvalue weighted by atomic mass is 10.0. The van der Waals surface area contributed by atoms with Gasteiger partial charge in [-0.3, -0.25) is 4.79 Å². The number of phenols is 1. The van der Waals surface area contributed by atoms with Gasteiger partial charge >= 0.3 is 0 Å². The second-order valence-corrected chi connectivity index (χ2v) is 9.18. The molecule has 35 heavy (non-hydrogen) atoms. The number of nitrogens with one attached hydrogen (secondary N) is 2. The topological polar surface area (TPSA) is 83.0 Å². The van der Waals surface area contributed by atoms with Crippen LogP contribution >= 0.6 is 11.6 Å². The molecule has 0 fully saturated rings. The number of amides is 1. The number of nitrogens with zero attached hydrogens (tertiary/aromatic N) is 1. The summed E-state index contributed by atoms with van der Waals surface area (Å²) in [5.41, 5.74) is 8.21. The van der Waals surface area contributed by atoms with Crippen LogP contribution in [0.1, 0.15) is 57.9 Å². The van der Waals surface area contributed by atoms with Crippen LogP contribution in [-0.4, -0.2) is 30.4 Å². The number of phenolic OH excluding ortho intramolecular Hbond substituents is 1. The zero-order valence-electron chi connectivity index (χ0n) is 20.6. The van der Waals surface area contributed by atoms with Crippen molar-refractivity contribution in [3.63, 3.8) is 0 Å². The molecule has 0 aromatic heterocycles. The Balaban J connectivity index is 1.47. The predicted molar refractivity (Wildman–Crippen MR) is 142 cm³/mol. The van der Waals surface area contributed by atoms with Gasteiger partial charge < -0.3 is 15.2 Å². The van der Waals surface area contributed by atoms with E-state index in [0.717, 1.165) is 35.5 Å². The van der Waals surface area contributed by atoms with Crippen LogP contribution in [0.3, 0.4) is 0 Å². The highest BCUT2D eigenvalue weighted by Gasteiger charge is 2.08. The molecular weight excluding hydrogens is 462 g/mol. The first-order chi connectivity index (χ1) is 16.7. The first-order valence-corrected chi connectivity index (χ1v) is 12.0. The molecular formula is C28H32ClN3O3. The molecule has 0 atom stereocenters. The minimum atomic E-state index is -0.417. The molecule has 1 amide bonds. The van der Waals surface area contributed by atoms with Gasteiger partial charge in [0.05, 0.1) is 11.2 Å². The summed E-state index contributed by atoms with van der Waals surface area (Å²) in [6.07, 6.45) is 1.58. The van der Waals surface area contributed by atoms with Crippen LogP contribution in [0.15, 0.2) is 59.7 Å². The van der Waals surface area contributed by atoms with Crippen molar-refractivity contribution in [2.24, 2.45) is 5.10 Å². The van der Waals surface area contributed by atoms with Gasteiger partial charge in [-0.15, -0.1) is 0 Å². The molecule has 184 valence electrons. The number of benzene rings is 3. The van der Waals surface area contributed by atoms with Crippen molar-refractivity contribution in [2.75, 3.05) is 13.2 Å². The van der Waals surface area contributed by atoms with E-state index in [1.807, 2.05) is 26.0 Å². The SMILES string of the molecule is Cc1cc(/C=N/NC(=O)c2ccc(O)c(Cl)c2)cc(C)c1OCCNCc1ccc(C(C)C)cc1. The summed E-state index contributed by atoms with van der Waals surface area (Å²) < 4.78 is 6.02. The summed E-state index contributed by atoms with van der Waals surface area (Å²) in [5, 5.41) is 17.0. The molecule has 3 N–H and O–H groups in total. The summed E-state index contributed by atoms with van der Waals surface area (Å²) >= 11 is 5.85. The van der Waals surface area contributed by atoms with Crippen LogP contribution in [-0.2, 0) is 6.54 Å². The van der Waals surface area contributed by atoms with E-state index in [1.165, 1.54) is 29.3 Å². The number of halogens is 1. The van der Waals surface area contributed by atoms with E-state index in [2.05, 4.69) is 54.0 Å². The molecule has 0 heterocycles. The number of aryl methyl sites for hydroxylation is 2. The van der Waals surface area contributed by atoms with Gasteiger partial charge in [0.1, 0.15) is 18.1 Å². The maximum atomic E-state index is 12.2. The van der Waals surface area contributed by atoms with Crippen LogP contribution in [0, 0.1) is 13.8 Å². The van der Waals surface area contributed by atoms with E-state index >= 15 is 0 Å². The Morgan fingerprint density at radius 3 is 2.40 bits per heavy atom. The van der Waals surface area contributed by atoms with Crippen LogP contribution in [0.2, 0.25) is 5.02 Å². The van der Waals surface area contributed by atoms with Gasteiger partial charge in [0.25, 0.3) is 5.91 Å². The van der Waals surface area contributed by atoms with Gasteiger partial charge in [-0.05, 0) is 77.9 Å². The molecule has 0 radical (unpaired) electrons. The average molecular weight is 494 g/mol. The number of carbonyl (C=O) groups excluding carboxylic acids is 1. The molecule has 0 saturated carbocycles. The highest BCUT2D eigenvalue weighted by molar-refractivity contribution is 6.32. The largest absolute Gasteiger partial charge is 0.506 e. The lowest BCUT2D eigenvalue weighted by molar-refractivity contribution is 0.0955. The zero-order chi connectivity index (χ0) is 25.4. The molecule has 7 heteroatoms. The molecule has 0 aliphatic carbocycles. The van der Waals surface area contributed by atoms with Crippen molar-refractivity contribution in [1.82, 2.24) is 10.7 Å². The summed E-state index contributed by atoms with van der Waals surface area (Å²) in [5.74, 6) is 0.901. The molecule has 0 unspecified atom stereocenters. The third-order valence-corrected chi connectivity index (χ3v) is 5.88.